The quantitative estimate of drug-likeness (QED) is 0.753. The van der Waals surface area contributed by atoms with E-state index in [0.29, 0.717) is 28.9 Å². The van der Waals surface area contributed by atoms with Gasteiger partial charge < -0.3 is 0 Å². The van der Waals surface area contributed by atoms with Crippen LogP contribution in [0.2, 0.25) is 5.02 Å². The Bertz CT molecular complexity index is 350. The summed E-state index contributed by atoms with van der Waals surface area (Å²) in [6, 6.07) is 4.82. The van der Waals surface area contributed by atoms with E-state index in [1.165, 1.54) is 6.07 Å². The average molecular weight is 262 g/mol. The molecule has 1 unspecified atom stereocenters. The molecule has 0 amide bonds. The third-order valence-corrected chi connectivity index (χ3v) is 3.82. The SMILES string of the molecule is Fc1cccc(Cl)c1CN1CCC(CCl)C1. The van der Waals surface area contributed by atoms with E-state index >= 15 is 0 Å². The Morgan fingerprint density at radius 3 is 2.88 bits per heavy atom. The van der Waals surface area contributed by atoms with Crippen molar-refractivity contribution in [3.05, 3.63) is 34.6 Å². The molecule has 0 aromatic heterocycles. The predicted molar refractivity (Wildman–Crippen MR) is 65.5 cm³/mol. The fourth-order valence-corrected chi connectivity index (χ4v) is 2.56. The molecule has 0 saturated carbocycles. The number of hydrogen-bond acceptors (Lipinski definition) is 1. The number of rotatable bonds is 3. The van der Waals surface area contributed by atoms with E-state index in [1.54, 1.807) is 12.1 Å². The van der Waals surface area contributed by atoms with E-state index in [1.807, 2.05) is 0 Å². The molecule has 0 N–H and O–H groups in total. The summed E-state index contributed by atoms with van der Waals surface area (Å²) in [7, 11) is 0. The lowest BCUT2D eigenvalue weighted by Gasteiger charge is -2.16. The first-order valence-electron chi connectivity index (χ1n) is 5.42. The maximum absolute atomic E-state index is 13.5. The van der Waals surface area contributed by atoms with E-state index in [-0.39, 0.29) is 5.82 Å². The molecule has 0 radical (unpaired) electrons. The molecule has 2 rings (SSSR count). The van der Waals surface area contributed by atoms with E-state index in [9.17, 15) is 4.39 Å². The van der Waals surface area contributed by atoms with Gasteiger partial charge in [-0.2, -0.15) is 0 Å². The van der Waals surface area contributed by atoms with Crippen molar-refractivity contribution in [2.45, 2.75) is 13.0 Å². The van der Waals surface area contributed by atoms with E-state index in [2.05, 4.69) is 4.90 Å². The van der Waals surface area contributed by atoms with Crippen LogP contribution in [0.25, 0.3) is 0 Å². The van der Waals surface area contributed by atoms with Crippen LogP contribution in [-0.4, -0.2) is 23.9 Å². The molecule has 0 spiro atoms. The van der Waals surface area contributed by atoms with Crippen molar-refractivity contribution in [1.29, 1.82) is 0 Å². The zero-order chi connectivity index (χ0) is 11.5. The van der Waals surface area contributed by atoms with Crippen molar-refractivity contribution in [3.8, 4) is 0 Å². The lowest BCUT2D eigenvalue weighted by molar-refractivity contribution is 0.315. The summed E-state index contributed by atoms with van der Waals surface area (Å²) in [6.07, 6.45) is 1.09. The van der Waals surface area contributed by atoms with Crippen molar-refractivity contribution in [2.24, 2.45) is 5.92 Å². The third-order valence-electron chi connectivity index (χ3n) is 3.03. The van der Waals surface area contributed by atoms with E-state index in [4.69, 9.17) is 23.2 Å². The third kappa shape index (κ3) is 2.68. The van der Waals surface area contributed by atoms with E-state index < -0.39 is 0 Å². The van der Waals surface area contributed by atoms with Gasteiger partial charge in [0.2, 0.25) is 0 Å². The predicted octanol–water partition coefficient (Wildman–Crippen LogP) is 3.54. The van der Waals surface area contributed by atoms with Crippen molar-refractivity contribution in [2.75, 3.05) is 19.0 Å². The molecule has 1 nitrogen and oxygen atoms in total. The average Bonchev–Trinajstić information content (AvgIpc) is 2.71. The van der Waals surface area contributed by atoms with Crippen LogP contribution in [0.3, 0.4) is 0 Å². The second-order valence-electron chi connectivity index (χ2n) is 4.24. The van der Waals surface area contributed by atoms with E-state index in [0.717, 1.165) is 19.5 Å². The number of hydrogen-bond donors (Lipinski definition) is 0. The highest BCUT2D eigenvalue weighted by atomic mass is 35.5. The molecule has 1 fully saturated rings. The Morgan fingerprint density at radius 1 is 1.44 bits per heavy atom. The van der Waals surface area contributed by atoms with Gasteiger partial charge in [-0.15, -0.1) is 11.6 Å². The summed E-state index contributed by atoms with van der Waals surface area (Å²) in [5, 5.41) is 0.509. The second kappa shape index (κ2) is 5.35. The number of nitrogens with zero attached hydrogens (tertiary/aromatic N) is 1. The van der Waals surface area contributed by atoms with Gasteiger partial charge in [-0.1, -0.05) is 17.7 Å². The molecule has 1 aliphatic rings. The van der Waals surface area contributed by atoms with Gasteiger partial charge in [0, 0.05) is 29.6 Å². The normalized spacial score (nSPS) is 21.6. The minimum Gasteiger partial charge on any atom is -0.299 e. The van der Waals surface area contributed by atoms with Crippen LogP contribution in [0.4, 0.5) is 4.39 Å². The molecule has 4 heteroatoms. The van der Waals surface area contributed by atoms with Gasteiger partial charge in [-0.3, -0.25) is 4.90 Å². The maximum Gasteiger partial charge on any atom is 0.129 e. The molecule has 0 bridgehead atoms. The molecule has 1 aromatic carbocycles. The van der Waals surface area contributed by atoms with Gasteiger partial charge >= 0.3 is 0 Å². The summed E-state index contributed by atoms with van der Waals surface area (Å²) in [5.74, 6) is 0.996. The molecular weight excluding hydrogens is 248 g/mol. The van der Waals surface area contributed by atoms with Crippen molar-refractivity contribution in [3.63, 3.8) is 0 Å². The van der Waals surface area contributed by atoms with Crippen LogP contribution in [0.5, 0.6) is 0 Å². The first-order valence-corrected chi connectivity index (χ1v) is 6.33. The Kier molecular flexibility index (Phi) is 4.06. The number of likely N-dealkylation sites (tertiary alicyclic amines) is 1. The summed E-state index contributed by atoms with van der Waals surface area (Å²) < 4.78 is 13.5. The maximum atomic E-state index is 13.5. The van der Waals surface area contributed by atoms with Gasteiger partial charge in [0.1, 0.15) is 5.82 Å². The molecule has 88 valence electrons. The standard InChI is InChI=1S/C12H14Cl2FN/c13-6-9-4-5-16(7-9)8-10-11(14)2-1-3-12(10)15/h1-3,9H,4-8H2. The molecular formula is C12H14Cl2FN. The smallest absolute Gasteiger partial charge is 0.129 e. The molecule has 1 aliphatic heterocycles. The van der Waals surface area contributed by atoms with Crippen molar-refractivity contribution >= 4 is 23.2 Å². The molecule has 16 heavy (non-hydrogen) atoms. The fraction of sp³-hybridized carbons (Fsp3) is 0.500. The van der Waals surface area contributed by atoms with Crippen LogP contribution in [-0.2, 0) is 6.54 Å². The summed E-state index contributed by atoms with van der Waals surface area (Å²) >= 11 is 11.8. The minimum atomic E-state index is -0.221. The lowest BCUT2D eigenvalue weighted by atomic mass is 10.1. The van der Waals surface area contributed by atoms with Crippen LogP contribution in [0, 0.1) is 11.7 Å². The number of alkyl halides is 1. The monoisotopic (exact) mass is 261 g/mol. The van der Waals surface area contributed by atoms with Gasteiger partial charge in [0.05, 0.1) is 0 Å². The van der Waals surface area contributed by atoms with Crippen molar-refractivity contribution < 1.29 is 4.39 Å². The Hall–Kier alpha value is -0.310. The number of halogens is 3. The Balaban J connectivity index is 2.04. The summed E-state index contributed by atoms with van der Waals surface area (Å²) in [5.41, 5.74) is 0.597. The lowest BCUT2D eigenvalue weighted by Crippen LogP contribution is -2.21. The zero-order valence-corrected chi connectivity index (χ0v) is 10.4. The zero-order valence-electron chi connectivity index (χ0n) is 8.93. The first-order chi connectivity index (χ1) is 7.70. The molecule has 1 aromatic rings. The van der Waals surface area contributed by atoms with Crippen LogP contribution < -0.4 is 0 Å². The Morgan fingerprint density at radius 2 is 2.25 bits per heavy atom. The van der Waals surface area contributed by atoms with Crippen molar-refractivity contribution in [1.82, 2.24) is 4.90 Å². The topological polar surface area (TPSA) is 3.24 Å². The van der Waals surface area contributed by atoms with Gasteiger partial charge in [-0.05, 0) is 31.0 Å². The molecule has 1 atom stereocenters. The van der Waals surface area contributed by atoms with Gasteiger partial charge in [-0.25, -0.2) is 4.39 Å². The van der Waals surface area contributed by atoms with Crippen LogP contribution >= 0.6 is 23.2 Å². The Labute approximate surface area is 105 Å². The van der Waals surface area contributed by atoms with Crippen LogP contribution in [0.1, 0.15) is 12.0 Å². The largest absolute Gasteiger partial charge is 0.299 e. The molecule has 1 heterocycles. The van der Waals surface area contributed by atoms with Gasteiger partial charge in [0.15, 0.2) is 0 Å². The summed E-state index contributed by atoms with van der Waals surface area (Å²) in [6.45, 7) is 2.50. The van der Waals surface area contributed by atoms with Crippen LogP contribution in [0.15, 0.2) is 18.2 Å². The summed E-state index contributed by atoms with van der Waals surface area (Å²) in [4.78, 5) is 2.21. The molecule has 0 aliphatic carbocycles. The highest BCUT2D eigenvalue weighted by Gasteiger charge is 2.23. The fourth-order valence-electron chi connectivity index (χ4n) is 2.09. The first kappa shape index (κ1) is 12.2. The highest BCUT2D eigenvalue weighted by Crippen LogP contribution is 2.24. The molecule has 1 saturated heterocycles. The number of benzene rings is 1. The minimum absolute atomic E-state index is 0.221. The van der Waals surface area contributed by atoms with Gasteiger partial charge in [0.25, 0.3) is 0 Å². The second-order valence-corrected chi connectivity index (χ2v) is 4.96. The highest BCUT2D eigenvalue weighted by molar-refractivity contribution is 6.31.